The third kappa shape index (κ3) is 9.38. The number of fused-ring (bicyclic) bond motifs is 3. The van der Waals surface area contributed by atoms with E-state index in [9.17, 15) is 36.0 Å². The number of halogens is 3. The summed E-state index contributed by atoms with van der Waals surface area (Å²) in [5, 5.41) is 8.72. The van der Waals surface area contributed by atoms with Gasteiger partial charge in [-0.1, -0.05) is 38.8 Å². The molecule has 4 heterocycles. The lowest BCUT2D eigenvalue weighted by Crippen LogP contribution is -2.57. The van der Waals surface area contributed by atoms with Crippen molar-refractivity contribution < 1.29 is 45.4 Å². The smallest absolute Gasteiger partial charge is 0.416 e. The van der Waals surface area contributed by atoms with Gasteiger partial charge in [0.05, 0.1) is 35.7 Å². The molecular weight excluding hydrogens is 858 g/mol. The lowest BCUT2D eigenvalue weighted by molar-refractivity contribution is -0.140. The molecule has 2 aliphatic carbocycles. The Morgan fingerprint density at radius 1 is 1.03 bits per heavy atom. The summed E-state index contributed by atoms with van der Waals surface area (Å²) in [4.78, 5) is 54.7. The zero-order valence-corrected chi connectivity index (χ0v) is 37.1. The van der Waals surface area contributed by atoms with Crippen LogP contribution in [0.1, 0.15) is 94.4 Å². The third-order valence-electron chi connectivity index (χ3n) is 12.4. The average Bonchev–Trinajstić information content (AvgIpc) is 4.12. The summed E-state index contributed by atoms with van der Waals surface area (Å²) < 4.78 is 81.0. The van der Waals surface area contributed by atoms with E-state index in [1.807, 2.05) is 36.6 Å². The summed E-state index contributed by atoms with van der Waals surface area (Å²) in [6.45, 7) is 5.95. The lowest BCUT2D eigenvalue weighted by atomic mass is 10.0. The number of sulfonamides is 1. The number of thiazole rings is 1. The van der Waals surface area contributed by atoms with Gasteiger partial charge in [0.2, 0.25) is 21.8 Å². The van der Waals surface area contributed by atoms with Crippen LogP contribution in [0.15, 0.2) is 60.0 Å². The van der Waals surface area contributed by atoms with E-state index in [1.165, 1.54) is 28.4 Å². The fourth-order valence-electron chi connectivity index (χ4n) is 8.46. The summed E-state index contributed by atoms with van der Waals surface area (Å²) in [6, 6.07) is 7.79. The van der Waals surface area contributed by atoms with Crippen LogP contribution in [0.4, 0.5) is 18.9 Å². The van der Waals surface area contributed by atoms with Crippen LogP contribution in [0.5, 0.6) is 11.5 Å². The molecule has 2 saturated carbocycles. The number of hydrogen-bond donors (Lipinski definition) is 3. The quantitative estimate of drug-likeness (QED) is 0.135. The first-order valence-corrected chi connectivity index (χ1v) is 23.8. The highest BCUT2D eigenvalue weighted by Crippen LogP contribution is 2.46. The monoisotopic (exact) mass is 908 g/mol. The van der Waals surface area contributed by atoms with Crippen LogP contribution in [-0.4, -0.2) is 83.6 Å². The molecule has 4 aliphatic rings. The minimum atomic E-state index is -4.54. The van der Waals surface area contributed by atoms with Crippen LogP contribution >= 0.6 is 11.3 Å². The van der Waals surface area contributed by atoms with Crippen LogP contribution in [0.3, 0.4) is 0 Å². The summed E-state index contributed by atoms with van der Waals surface area (Å²) in [7, 11) is -2.37. The molecule has 13 nitrogen and oxygen atoms in total. The van der Waals surface area contributed by atoms with Crippen molar-refractivity contribution >= 4 is 55.7 Å². The number of allylic oxidation sites excluding steroid dienone is 1. The van der Waals surface area contributed by atoms with Gasteiger partial charge >= 0.3 is 6.18 Å². The number of aromatic nitrogens is 2. The Morgan fingerprint density at radius 2 is 1.79 bits per heavy atom. The molecule has 0 unspecified atom stereocenters. The van der Waals surface area contributed by atoms with Gasteiger partial charge < -0.3 is 25.0 Å². The molecule has 3 N–H and O–H groups in total. The summed E-state index contributed by atoms with van der Waals surface area (Å²) in [5.41, 5.74) is 0.777. The van der Waals surface area contributed by atoms with Gasteiger partial charge in [-0.05, 0) is 87.8 Å². The highest BCUT2D eigenvalue weighted by Gasteiger charge is 2.62. The van der Waals surface area contributed by atoms with Gasteiger partial charge in [0, 0.05) is 40.4 Å². The predicted molar refractivity (Wildman–Crippen MR) is 233 cm³/mol. The highest BCUT2D eigenvalue weighted by molar-refractivity contribution is 7.91. The Kier molecular flexibility index (Phi) is 12.2. The number of pyridine rings is 1. The largest absolute Gasteiger partial charge is 0.496 e. The molecule has 2 aromatic carbocycles. The van der Waals surface area contributed by atoms with E-state index in [4.69, 9.17) is 19.4 Å². The van der Waals surface area contributed by atoms with Crippen molar-refractivity contribution in [2.24, 2.45) is 5.92 Å². The second kappa shape index (κ2) is 17.4. The van der Waals surface area contributed by atoms with Gasteiger partial charge in [-0.3, -0.25) is 19.1 Å². The van der Waals surface area contributed by atoms with Crippen LogP contribution in [0.2, 0.25) is 0 Å². The number of rotatable bonds is 10. The molecule has 8 rings (SSSR count). The van der Waals surface area contributed by atoms with Crippen molar-refractivity contribution in [1.82, 2.24) is 24.9 Å². The number of benzene rings is 2. The zero-order chi connectivity index (χ0) is 44.8. The van der Waals surface area contributed by atoms with E-state index in [0.29, 0.717) is 70.9 Å². The van der Waals surface area contributed by atoms with Crippen LogP contribution in [0.25, 0.3) is 21.6 Å². The summed E-state index contributed by atoms with van der Waals surface area (Å²) >= 11 is 1.45. The molecule has 5 atom stereocenters. The molecule has 3 fully saturated rings. The van der Waals surface area contributed by atoms with Gasteiger partial charge in [0.15, 0.2) is 0 Å². The normalized spacial score (nSPS) is 25.0. The maximum atomic E-state index is 14.9. The average molecular weight is 909 g/mol. The van der Waals surface area contributed by atoms with Crippen LogP contribution in [-0.2, 0) is 30.6 Å². The molecule has 0 spiro atoms. The number of aryl methyl sites for hydroxylation is 1. The van der Waals surface area contributed by atoms with E-state index < -0.39 is 74.4 Å². The second-order valence-corrected chi connectivity index (χ2v) is 20.1. The molecule has 4 aromatic rings. The molecule has 0 bridgehead atoms. The fourth-order valence-corrected chi connectivity index (χ4v) is 10.8. The minimum Gasteiger partial charge on any atom is -0.496 e. The highest BCUT2D eigenvalue weighted by atomic mass is 32.2. The molecule has 3 amide bonds. The molecule has 336 valence electrons. The minimum absolute atomic E-state index is 0.00614. The second-order valence-electron chi connectivity index (χ2n) is 17.3. The predicted octanol–water partition coefficient (Wildman–Crippen LogP) is 7.65. The topological polar surface area (TPSA) is 169 Å². The zero-order valence-electron chi connectivity index (χ0n) is 35.5. The number of amides is 3. The molecule has 63 heavy (non-hydrogen) atoms. The molecule has 18 heteroatoms. The van der Waals surface area contributed by atoms with E-state index in [0.717, 1.165) is 36.2 Å². The lowest BCUT2D eigenvalue weighted by Gasteiger charge is -2.30. The van der Waals surface area contributed by atoms with Crippen molar-refractivity contribution in [2.45, 2.75) is 120 Å². The first-order chi connectivity index (χ1) is 30.0. The van der Waals surface area contributed by atoms with Crippen molar-refractivity contribution in [3.63, 3.8) is 0 Å². The molecule has 2 aliphatic heterocycles. The maximum absolute atomic E-state index is 14.9. The first-order valence-electron chi connectivity index (χ1n) is 21.4. The van der Waals surface area contributed by atoms with Gasteiger partial charge in [0.1, 0.15) is 45.9 Å². The van der Waals surface area contributed by atoms with Gasteiger partial charge in [-0.2, -0.15) is 13.2 Å². The van der Waals surface area contributed by atoms with Gasteiger partial charge in [-0.25, -0.2) is 18.4 Å². The van der Waals surface area contributed by atoms with Crippen molar-refractivity contribution in [3.05, 3.63) is 76.8 Å². The Bertz CT molecular complexity index is 2540. The molecule has 0 radical (unpaired) electrons. The first kappa shape index (κ1) is 44.4. The number of ether oxygens (including phenoxy) is 2. The number of hydrogen-bond acceptors (Lipinski definition) is 11. The number of nitrogens with zero attached hydrogens (tertiary/aromatic N) is 3. The van der Waals surface area contributed by atoms with E-state index in [2.05, 4.69) is 29.2 Å². The van der Waals surface area contributed by atoms with Crippen LogP contribution in [0, 0.1) is 12.8 Å². The Balaban J connectivity index is 1.15. The van der Waals surface area contributed by atoms with Gasteiger partial charge in [-0.15, -0.1) is 11.3 Å². The Labute approximate surface area is 368 Å². The van der Waals surface area contributed by atoms with Crippen molar-refractivity contribution in [1.29, 1.82) is 0 Å². The molecular formula is C45H51F3N6O7S2. The SMILES string of the molecule is COc1ccc2c(O[C@@H]3C[C@H]4C(=O)N[C@]5(C(=O)NS(=O)(=O)C6CC6)C[C@@H]5/C=C\CCCCC[C@H](Nc5ccc(C(F)(F)F)cc5)C(=O)N4C3)cc(-c3nc(C(C)C)cs3)nc2c1C. The standard InChI is InChI=1S/C45H51F3N6O7S2/c1-25(2)35-24-62-41(51-35)34-21-38(32-18-19-37(60-4)26(3)39(32)50-34)61-30-20-36-40(55)52-44(43(57)53-63(58,59)31-16-17-31)22-28(44)10-8-6-5-7-9-11-33(42(56)54(36)23-30)49-29-14-12-27(13-15-29)45(46,47)48/h8,10,12-15,18-19,21,24-25,28,30-31,33,36,49H,5-7,9,11,16-17,20,22-23H2,1-4H3,(H,52,55)(H,53,57)/b10-8-/t28-,30+,33-,36-,44+/m0/s1. The number of methoxy groups -OCH3 is 1. The number of carbonyl (C=O) groups excluding carboxylic acids is 3. The Hall–Kier alpha value is -5.23. The number of nitrogens with one attached hydrogen (secondary N) is 3. The van der Waals surface area contributed by atoms with Crippen molar-refractivity contribution in [3.8, 4) is 22.2 Å². The number of alkyl halides is 3. The van der Waals surface area contributed by atoms with Crippen molar-refractivity contribution in [2.75, 3.05) is 19.0 Å². The Morgan fingerprint density at radius 3 is 2.48 bits per heavy atom. The van der Waals surface area contributed by atoms with E-state index in [1.54, 1.807) is 13.2 Å². The van der Waals surface area contributed by atoms with Crippen LogP contribution < -0.4 is 24.8 Å². The fraction of sp³-hybridized carbons (Fsp3) is 0.489. The third-order valence-corrected chi connectivity index (χ3v) is 15.1. The van der Waals surface area contributed by atoms with Gasteiger partial charge in [0.25, 0.3) is 5.91 Å². The number of anilines is 1. The summed E-state index contributed by atoms with van der Waals surface area (Å²) in [5.74, 6) is -1.17. The van der Waals surface area contributed by atoms with E-state index in [-0.39, 0.29) is 25.3 Å². The maximum Gasteiger partial charge on any atom is 0.416 e. The molecule has 2 aromatic heterocycles. The molecule has 1 saturated heterocycles. The summed E-state index contributed by atoms with van der Waals surface area (Å²) in [6.07, 6.45) is 2.58. The number of carbonyl (C=O) groups is 3. The van der Waals surface area contributed by atoms with E-state index >= 15 is 0 Å².